The standard InChI is InChI=1S/C24H30N2O4/c1-16(2)26-20(27)15-30-23(21(26)19-11-6-5-7-12-19)24(28)25-13-14-29-22-17(3)9-8-10-18(22)4/h5-12,16,21,23H,13-15H2,1-4H3,(H,25,28)/t21-,23+/m1/s1. The number of hydrogen-bond acceptors (Lipinski definition) is 4. The largest absolute Gasteiger partial charge is 0.491 e. The van der Waals surface area contributed by atoms with Crippen molar-refractivity contribution in [1.82, 2.24) is 10.2 Å². The molecule has 0 bridgehead atoms. The van der Waals surface area contributed by atoms with Crippen LogP contribution in [0.5, 0.6) is 5.75 Å². The lowest BCUT2D eigenvalue weighted by molar-refractivity contribution is -0.167. The molecule has 0 spiro atoms. The van der Waals surface area contributed by atoms with Gasteiger partial charge in [-0.15, -0.1) is 0 Å². The summed E-state index contributed by atoms with van der Waals surface area (Å²) in [7, 11) is 0. The van der Waals surface area contributed by atoms with Crippen LogP contribution in [0.2, 0.25) is 0 Å². The molecule has 30 heavy (non-hydrogen) atoms. The van der Waals surface area contributed by atoms with Gasteiger partial charge >= 0.3 is 0 Å². The second-order valence-corrected chi connectivity index (χ2v) is 7.84. The van der Waals surface area contributed by atoms with Crippen molar-refractivity contribution in [3.63, 3.8) is 0 Å². The van der Waals surface area contributed by atoms with Crippen LogP contribution in [0, 0.1) is 13.8 Å². The van der Waals surface area contributed by atoms with Crippen molar-refractivity contribution in [3.8, 4) is 5.75 Å². The van der Waals surface area contributed by atoms with Gasteiger partial charge in [0.1, 0.15) is 19.0 Å². The molecule has 0 unspecified atom stereocenters. The summed E-state index contributed by atoms with van der Waals surface area (Å²) < 4.78 is 11.6. The molecule has 2 aromatic rings. The SMILES string of the molecule is Cc1cccc(C)c1OCCNC(=O)[C@H]1OCC(=O)N(C(C)C)[C@@H]1c1ccccc1. The lowest BCUT2D eigenvalue weighted by Gasteiger charge is -2.42. The number of ether oxygens (including phenoxy) is 2. The van der Waals surface area contributed by atoms with Gasteiger partial charge in [-0.2, -0.15) is 0 Å². The molecule has 0 saturated carbocycles. The monoisotopic (exact) mass is 410 g/mol. The van der Waals surface area contributed by atoms with Crippen LogP contribution in [0.25, 0.3) is 0 Å². The van der Waals surface area contributed by atoms with Crippen LogP contribution in [0.4, 0.5) is 0 Å². The third-order valence-electron chi connectivity index (χ3n) is 5.27. The van der Waals surface area contributed by atoms with E-state index in [0.29, 0.717) is 13.2 Å². The molecule has 1 fully saturated rings. The minimum absolute atomic E-state index is 0.0470. The average molecular weight is 411 g/mol. The molecule has 160 valence electrons. The van der Waals surface area contributed by atoms with E-state index >= 15 is 0 Å². The molecule has 0 aliphatic carbocycles. The third-order valence-corrected chi connectivity index (χ3v) is 5.27. The number of nitrogens with one attached hydrogen (secondary N) is 1. The van der Waals surface area contributed by atoms with E-state index in [9.17, 15) is 9.59 Å². The Morgan fingerprint density at radius 2 is 1.80 bits per heavy atom. The summed E-state index contributed by atoms with van der Waals surface area (Å²) in [6.45, 7) is 8.51. The van der Waals surface area contributed by atoms with Gasteiger partial charge in [0.2, 0.25) is 5.91 Å². The lowest BCUT2D eigenvalue weighted by Crippen LogP contribution is -2.56. The van der Waals surface area contributed by atoms with E-state index in [1.165, 1.54) is 0 Å². The van der Waals surface area contributed by atoms with Crippen LogP contribution >= 0.6 is 0 Å². The number of aryl methyl sites for hydroxylation is 2. The fraction of sp³-hybridized carbons (Fsp3) is 0.417. The Balaban J connectivity index is 1.68. The summed E-state index contributed by atoms with van der Waals surface area (Å²) in [4.78, 5) is 27.2. The van der Waals surface area contributed by atoms with Crippen LogP contribution < -0.4 is 10.1 Å². The van der Waals surface area contributed by atoms with Crippen LogP contribution in [-0.2, 0) is 14.3 Å². The average Bonchev–Trinajstić information content (AvgIpc) is 2.72. The van der Waals surface area contributed by atoms with E-state index in [4.69, 9.17) is 9.47 Å². The number of benzene rings is 2. The van der Waals surface area contributed by atoms with Crippen molar-refractivity contribution >= 4 is 11.8 Å². The maximum absolute atomic E-state index is 13.0. The molecule has 2 aromatic carbocycles. The molecule has 1 aliphatic rings. The summed E-state index contributed by atoms with van der Waals surface area (Å²) in [5, 5.41) is 2.91. The van der Waals surface area contributed by atoms with Crippen molar-refractivity contribution in [2.45, 2.75) is 45.9 Å². The Morgan fingerprint density at radius 1 is 1.13 bits per heavy atom. The van der Waals surface area contributed by atoms with Gasteiger partial charge in [-0.1, -0.05) is 48.5 Å². The molecule has 6 heteroatoms. The number of amides is 2. The van der Waals surface area contributed by atoms with Gasteiger partial charge in [0, 0.05) is 6.04 Å². The fourth-order valence-corrected chi connectivity index (χ4v) is 3.90. The highest BCUT2D eigenvalue weighted by molar-refractivity contribution is 5.86. The molecular weight excluding hydrogens is 380 g/mol. The van der Waals surface area contributed by atoms with Gasteiger partial charge in [-0.05, 0) is 44.4 Å². The molecule has 1 N–H and O–H groups in total. The van der Waals surface area contributed by atoms with Crippen LogP contribution in [-0.4, -0.2) is 48.6 Å². The van der Waals surface area contributed by atoms with E-state index in [-0.39, 0.29) is 24.5 Å². The highest BCUT2D eigenvalue weighted by atomic mass is 16.5. The molecule has 0 aromatic heterocycles. The van der Waals surface area contributed by atoms with E-state index in [0.717, 1.165) is 22.4 Å². The smallest absolute Gasteiger partial charge is 0.251 e. The Bertz CT molecular complexity index is 862. The quantitative estimate of drug-likeness (QED) is 0.712. The lowest BCUT2D eigenvalue weighted by atomic mass is 9.96. The molecule has 1 saturated heterocycles. The minimum Gasteiger partial charge on any atom is -0.491 e. The first-order chi connectivity index (χ1) is 14.4. The van der Waals surface area contributed by atoms with E-state index in [2.05, 4.69) is 5.32 Å². The predicted molar refractivity (Wildman–Crippen MR) is 115 cm³/mol. The number of hydrogen-bond donors (Lipinski definition) is 1. The van der Waals surface area contributed by atoms with Crippen molar-refractivity contribution in [2.24, 2.45) is 0 Å². The maximum Gasteiger partial charge on any atom is 0.251 e. The molecule has 1 aliphatic heterocycles. The Morgan fingerprint density at radius 3 is 2.43 bits per heavy atom. The van der Waals surface area contributed by atoms with Gasteiger partial charge in [0.05, 0.1) is 12.6 Å². The zero-order valence-electron chi connectivity index (χ0n) is 18.1. The van der Waals surface area contributed by atoms with Crippen LogP contribution in [0.15, 0.2) is 48.5 Å². The number of carbonyl (C=O) groups is 2. The summed E-state index contributed by atoms with van der Waals surface area (Å²) in [6.07, 6.45) is -0.771. The molecule has 6 nitrogen and oxygen atoms in total. The first-order valence-electron chi connectivity index (χ1n) is 10.3. The Hall–Kier alpha value is -2.86. The second-order valence-electron chi connectivity index (χ2n) is 7.84. The number of morpholine rings is 1. The highest BCUT2D eigenvalue weighted by Crippen LogP contribution is 2.32. The molecule has 1 heterocycles. The van der Waals surface area contributed by atoms with Crippen molar-refractivity contribution in [1.29, 1.82) is 0 Å². The molecule has 2 atom stereocenters. The van der Waals surface area contributed by atoms with Gasteiger partial charge in [0.15, 0.2) is 6.10 Å². The summed E-state index contributed by atoms with van der Waals surface area (Å²) >= 11 is 0. The topological polar surface area (TPSA) is 67.9 Å². The first-order valence-corrected chi connectivity index (χ1v) is 10.3. The number of rotatable bonds is 7. The summed E-state index contributed by atoms with van der Waals surface area (Å²) in [5.74, 6) is 0.493. The zero-order valence-corrected chi connectivity index (χ0v) is 18.1. The van der Waals surface area contributed by atoms with Gasteiger partial charge in [0.25, 0.3) is 5.91 Å². The van der Waals surface area contributed by atoms with Crippen LogP contribution in [0.3, 0.4) is 0 Å². The first kappa shape index (κ1) is 21.8. The molecule has 0 radical (unpaired) electrons. The molecule has 2 amide bonds. The fourth-order valence-electron chi connectivity index (χ4n) is 3.90. The van der Waals surface area contributed by atoms with E-state index in [1.807, 2.05) is 76.2 Å². The van der Waals surface area contributed by atoms with Crippen LogP contribution in [0.1, 0.15) is 36.6 Å². The number of nitrogens with zero attached hydrogens (tertiary/aromatic N) is 1. The summed E-state index contributed by atoms with van der Waals surface area (Å²) in [6, 6.07) is 15.0. The maximum atomic E-state index is 13.0. The van der Waals surface area contributed by atoms with Gasteiger partial charge in [-0.3, -0.25) is 9.59 Å². The third kappa shape index (κ3) is 4.82. The number of carbonyl (C=O) groups excluding carboxylic acids is 2. The van der Waals surface area contributed by atoms with Crippen molar-refractivity contribution in [2.75, 3.05) is 19.8 Å². The second kappa shape index (κ2) is 9.76. The van der Waals surface area contributed by atoms with Gasteiger partial charge in [-0.25, -0.2) is 0 Å². The molecular formula is C24H30N2O4. The van der Waals surface area contributed by atoms with Crippen molar-refractivity contribution < 1.29 is 19.1 Å². The Labute approximate surface area is 178 Å². The van der Waals surface area contributed by atoms with Gasteiger partial charge < -0.3 is 19.7 Å². The van der Waals surface area contributed by atoms with Crippen molar-refractivity contribution in [3.05, 3.63) is 65.2 Å². The van der Waals surface area contributed by atoms with E-state index in [1.54, 1.807) is 4.90 Å². The Kier molecular flexibility index (Phi) is 7.11. The highest BCUT2D eigenvalue weighted by Gasteiger charge is 2.42. The zero-order chi connectivity index (χ0) is 21.7. The molecule has 3 rings (SSSR count). The van der Waals surface area contributed by atoms with E-state index < -0.39 is 12.1 Å². The summed E-state index contributed by atoms with van der Waals surface area (Å²) in [5.41, 5.74) is 3.01. The predicted octanol–water partition coefficient (Wildman–Crippen LogP) is 3.18. The normalized spacial score (nSPS) is 19.1. The number of para-hydroxylation sites is 1. The minimum atomic E-state index is -0.771.